The molecule has 0 spiro atoms. The van der Waals surface area contributed by atoms with Crippen LogP contribution >= 0.6 is 11.9 Å². The van der Waals surface area contributed by atoms with E-state index in [1.807, 2.05) is 6.08 Å². The van der Waals surface area contributed by atoms with Crippen LogP contribution in [0.5, 0.6) is 0 Å². The van der Waals surface area contributed by atoms with E-state index >= 15 is 0 Å². The minimum atomic E-state index is 0.654. The lowest BCUT2D eigenvalue weighted by atomic mass is 9.99. The summed E-state index contributed by atoms with van der Waals surface area (Å²) in [7, 11) is 0. The van der Waals surface area contributed by atoms with Crippen molar-refractivity contribution < 1.29 is 0 Å². The minimum Gasteiger partial charge on any atom is -0.383 e. The van der Waals surface area contributed by atoms with Gasteiger partial charge in [-0.05, 0) is 91.1 Å². The highest BCUT2D eigenvalue weighted by Gasteiger charge is 2.24. The van der Waals surface area contributed by atoms with Crippen LogP contribution in [0.4, 0.5) is 0 Å². The molecule has 2 aliphatic rings. The largest absolute Gasteiger partial charge is 0.383 e. The van der Waals surface area contributed by atoms with Crippen molar-refractivity contribution in [1.29, 1.82) is 0 Å². The van der Waals surface area contributed by atoms with Crippen LogP contribution < -0.4 is 5.32 Å². The second kappa shape index (κ2) is 9.25. The molecule has 0 bridgehead atoms. The third kappa shape index (κ3) is 4.61. The van der Waals surface area contributed by atoms with E-state index in [2.05, 4.69) is 88.1 Å². The van der Waals surface area contributed by atoms with Crippen molar-refractivity contribution in [2.45, 2.75) is 37.1 Å². The summed E-state index contributed by atoms with van der Waals surface area (Å²) in [5.41, 5.74) is 7.40. The Hall–Kier alpha value is -2.98. The summed E-state index contributed by atoms with van der Waals surface area (Å²) in [5, 5.41) is 4.83. The number of aromatic nitrogens is 1. The minimum absolute atomic E-state index is 0.654. The van der Waals surface area contributed by atoms with Gasteiger partial charge in [-0.1, -0.05) is 43.5 Å². The monoisotopic (exact) mass is 439 g/mol. The number of benzene rings is 2. The quantitative estimate of drug-likeness (QED) is 0.376. The van der Waals surface area contributed by atoms with Gasteiger partial charge < -0.3 is 5.32 Å². The Kier molecular flexibility index (Phi) is 6.04. The Bertz CT molecular complexity index is 1210. The molecule has 1 fully saturated rings. The molecule has 3 nitrogen and oxygen atoms in total. The van der Waals surface area contributed by atoms with Gasteiger partial charge in [-0.15, -0.1) is 0 Å². The molecule has 0 amide bonds. The van der Waals surface area contributed by atoms with Crippen LogP contribution in [0, 0.1) is 5.92 Å². The number of hydrogen-bond donors (Lipinski definition) is 1. The summed E-state index contributed by atoms with van der Waals surface area (Å²) in [6.45, 7) is 9.93. The molecular weight excluding hydrogens is 410 g/mol. The summed E-state index contributed by atoms with van der Waals surface area (Å²) in [6, 6.07) is 17.5. The van der Waals surface area contributed by atoms with Crippen LogP contribution in [0.25, 0.3) is 17.0 Å². The van der Waals surface area contributed by atoms with Gasteiger partial charge >= 0.3 is 0 Å². The van der Waals surface area contributed by atoms with Crippen LogP contribution in [0.3, 0.4) is 0 Å². The SMILES string of the molecule is C=Cc1cc2cc(CNC(=C)C3CC3)n(Sc3ccccc3)c2cc1CCC1=NCC=C1. The van der Waals surface area contributed by atoms with Gasteiger partial charge in [0.05, 0.1) is 24.3 Å². The van der Waals surface area contributed by atoms with E-state index < -0.39 is 0 Å². The molecule has 4 heteroatoms. The van der Waals surface area contributed by atoms with Gasteiger partial charge in [0.1, 0.15) is 0 Å². The van der Waals surface area contributed by atoms with Crippen molar-refractivity contribution in [1.82, 2.24) is 9.29 Å². The van der Waals surface area contributed by atoms with Crippen molar-refractivity contribution in [3.63, 3.8) is 0 Å². The fourth-order valence-electron chi connectivity index (χ4n) is 4.19. The smallest absolute Gasteiger partial charge is 0.0601 e. The molecule has 0 saturated heterocycles. The molecule has 32 heavy (non-hydrogen) atoms. The maximum Gasteiger partial charge on any atom is 0.0601 e. The molecule has 1 aliphatic carbocycles. The number of fused-ring (bicyclic) bond motifs is 1. The van der Waals surface area contributed by atoms with Crippen molar-refractivity contribution >= 4 is 34.6 Å². The first-order chi connectivity index (χ1) is 15.7. The van der Waals surface area contributed by atoms with Crippen LogP contribution in [0.2, 0.25) is 0 Å². The van der Waals surface area contributed by atoms with E-state index in [0.29, 0.717) is 5.92 Å². The van der Waals surface area contributed by atoms with Crippen LogP contribution in [0.1, 0.15) is 36.1 Å². The van der Waals surface area contributed by atoms with Gasteiger partial charge in [0.25, 0.3) is 0 Å². The normalized spacial score (nSPS) is 15.2. The molecule has 5 rings (SSSR count). The highest BCUT2D eigenvalue weighted by atomic mass is 32.2. The average Bonchev–Trinajstić information content (AvgIpc) is 3.45. The van der Waals surface area contributed by atoms with Crippen molar-refractivity contribution in [3.8, 4) is 0 Å². The summed E-state index contributed by atoms with van der Waals surface area (Å²) in [5.74, 6) is 0.654. The van der Waals surface area contributed by atoms with Crippen LogP contribution in [-0.4, -0.2) is 16.2 Å². The Labute approximate surface area is 194 Å². The molecule has 0 radical (unpaired) electrons. The molecule has 1 saturated carbocycles. The number of allylic oxidation sites excluding steroid dienone is 2. The molecule has 2 heterocycles. The highest BCUT2D eigenvalue weighted by Crippen LogP contribution is 2.35. The highest BCUT2D eigenvalue weighted by molar-refractivity contribution is 7.98. The van der Waals surface area contributed by atoms with Crippen molar-refractivity contribution in [3.05, 3.63) is 96.4 Å². The van der Waals surface area contributed by atoms with Crippen molar-refractivity contribution in [2.75, 3.05) is 6.54 Å². The third-order valence-electron chi connectivity index (χ3n) is 6.18. The summed E-state index contributed by atoms with van der Waals surface area (Å²) >= 11 is 1.78. The maximum atomic E-state index is 4.56. The zero-order valence-corrected chi connectivity index (χ0v) is 19.2. The van der Waals surface area contributed by atoms with Crippen LogP contribution in [0.15, 0.2) is 89.4 Å². The lowest BCUT2D eigenvalue weighted by molar-refractivity contribution is 0.732. The molecule has 1 N–H and O–H groups in total. The van der Waals surface area contributed by atoms with E-state index in [9.17, 15) is 0 Å². The van der Waals surface area contributed by atoms with Gasteiger partial charge in [-0.25, -0.2) is 0 Å². The molecule has 0 unspecified atom stereocenters. The lowest BCUT2D eigenvalue weighted by Gasteiger charge is -2.13. The molecule has 1 aromatic heterocycles. The van der Waals surface area contributed by atoms with Crippen LogP contribution in [-0.2, 0) is 13.0 Å². The van der Waals surface area contributed by atoms with E-state index in [4.69, 9.17) is 0 Å². The Morgan fingerprint density at radius 1 is 1.16 bits per heavy atom. The van der Waals surface area contributed by atoms with Gasteiger partial charge in [-0.2, -0.15) is 0 Å². The Morgan fingerprint density at radius 3 is 2.72 bits per heavy atom. The maximum absolute atomic E-state index is 4.56. The fraction of sp³-hybridized carbons (Fsp3) is 0.250. The predicted molar refractivity (Wildman–Crippen MR) is 138 cm³/mol. The first kappa shape index (κ1) is 20.9. The number of nitrogens with zero attached hydrogens (tertiary/aromatic N) is 2. The molecule has 0 atom stereocenters. The van der Waals surface area contributed by atoms with E-state index in [-0.39, 0.29) is 0 Å². The average molecular weight is 440 g/mol. The third-order valence-corrected chi connectivity index (χ3v) is 7.27. The topological polar surface area (TPSA) is 29.3 Å². The molecular formula is C28H29N3S. The number of hydrogen-bond acceptors (Lipinski definition) is 3. The Balaban J connectivity index is 1.50. The first-order valence-electron chi connectivity index (χ1n) is 11.4. The molecule has 3 aromatic rings. The molecule has 1 aliphatic heterocycles. The number of aliphatic imine (C=N–C) groups is 1. The van der Waals surface area contributed by atoms with Crippen molar-refractivity contribution in [2.24, 2.45) is 10.9 Å². The van der Waals surface area contributed by atoms with E-state index in [0.717, 1.165) is 25.9 Å². The van der Waals surface area contributed by atoms with Gasteiger partial charge in [0.15, 0.2) is 0 Å². The summed E-state index contributed by atoms with van der Waals surface area (Å²) < 4.78 is 2.38. The number of nitrogens with one attached hydrogen (secondary N) is 1. The summed E-state index contributed by atoms with van der Waals surface area (Å²) in [4.78, 5) is 5.79. The second-order valence-corrected chi connectivity index (χ2v) is 9.55. The van der Waals surface area contributed by atoms with Gasteiger partial charge in [0.2, 0.25) is 0 Å². The number of rotatable bonds is 10. The lowest BCUT2D eigenvalue weighted by Crippen LogP contribution is -2.14. The second-order valence-electron chi connectivity index (χ2n) is 8.54. The standard InChI is InChI=1S/C28H29N3S/c1-3-21-16-24-17-26(19-30-20(2)22-11-12-22)31(32-27-9-5-4-6-10-27)28(24)18-23(21)13-14-25-8-7-15-29-25/h3-10,16-18,22,30H,1-2,11-15,19H2. The number of aryl methyl sites for hydroxylation is 1. The zero-order chi connectivity index (χ0) is 21.9. The zero-order valence-electron chi connectivity index (χ0n) is 18.4. The Morgan fingerprint density at radius 2 is 2.00 bits per heavy atom. The predicted octanol–water partition coefficient (Wildman–Crippen LogP) is 6.80. The van der Waals surface area contributed by atoms with E-state index in [1.165, 1.54) is 56.9 Å². The molecule has 2 aromatic carbocycles. The van der Waals surface area contributed by atoms with E-state index in [1.54, 1.807) is 11.9 Å². The summed E-state index contributed by atoms with van der Waals surface area (Å²) in [6.07, 6.45) is 10.7. The molecule has 162 valence electrons. The van der Waals surface area contributed by atoms with Gasteiger partial charge in [-0.3, -0.25) is 8.96 Å². The van der Waals surface area contributed by atoms with Gasteiger partial charge in [0, 0.05) is 21.7 Å². The fourth-order valence-corrected chi connectivity index (χ4v) is 5.17. The first-order valence-corrected chi connectivity index (χ1v) is 12.1.